The Labute approximate surface area is 280 Å². The molecule has 0 unspecified atom stereocenters. The van der Waals surface area contributed by atoms with Gasteiger partial charge in [0.25, 0.3) is 5.91 Å². The third kappa shape index (κ3) is 6.96. The highest BCUT2D eigenvalue weighted by Crippen LogP contribution is 2.50. The van der Waals surface area contributed by atoms with E-state index in [-0.39, 0.29) is 45.0 Å². The molecule has 1 saturated heterocycles. The summed E-state index contributed by atoms with van der Waals surface area (Å²) in [6.45, 7) is 8.26. The van der Waals surface area contributed by atoms with Crippen LogP contribution in [-0.2, 0) is 0 Å². The van der Waals surface area contributed by atoms with Gasteiger partial charge in [0.2, 0.25) is 0 Å². The van der Waals surface area contributed by atoms with Gasteiger partial charge in [-0.05, 0) is 26.0 Å². The Morgan fingerprint density at radius 3 is 2.36 bits per heavy atom. The van der Waals surface area contributed by atoms with E-state index in [1.807, 2.05) is 32.0 Å². The van der Waals surface area contributed by atoms with E-state index >= 15 is 0 Å². The normalized spacial score (nSPS) is 13.8. The van der Waals surface area contributed by atoms with Crippen LogP contribution in [0.5, 0.6) is 17.2 Å². The van der Waals surface area contributed by atoms with Crippen LogP contribution >= 0.6 is 46.1 Å². The van der Waals surface area contributed by atoms with Gasteiger partial charge in [-0.2, -0.15) is 0 Å². The van der Waals surface area contributed by atoms with Gasteiger partial charge in [-0.1, -0.05) is 34.8 Å². The predicted molar refractivity (Wildman–Crippen MR) is 181 cm³/mol. The molecule has 15 heteroatoms. The number of fused-ring (bicyclic) bond motifs is 1. The third-order valence-corrected chi connectivity index (χ3v) is 9.26. The fraction of sp³-hybridized carbons (Fsp3) is 0.367. The van der Waals surface area contributed by atoms with E-state index in [0.717, 1.165) is 37.6 Å². The number of benzene rings is 2. The Kier molecular flexibility index (Phi) is 10.6. The number of aliphatic hydroxyl groups excluding tert-OH is 1. The maximum atomic E-state index is 13.5. The van der Waals surface area contributed by atoms with Crippen LogP contribution in [0.3, 0.4) is 0 Å². The molecular formula is C30H33Cl3N6O5S. The average Bonchev–Trinajstić information content (AvgIpc) is 3.46. The van der Waals surface area contributed by atoms with Crippen LogP contribution < -0.4 is 29.7 Å². The van der Waals surface area contributed by atoms with Crippen molar-refractivity contribution in [1.82, 2.24) is 14.9 Å². The summed E-state index contributed by atoms with van der Waals surface area (Å²) in [5, 5.41) is 17.3. The molecule has 0 atom stereocenters. The number of halogens is 3. The minimum atomic E-state index is -0.492. The van der Waals surface area contributed by atoms with Crippen LogP contribution in [0, 0.1) is 0 Å². The summed E-state index contributed by atoms with van der Waals surface area (Å²) in [5.41, 5.74) is 2.62. The molecule has 0 radical (unpaired) electrons. The van der Waals surface area contributed by atoms with E-state index < -0.39 is 5.91 Å². The molecule has 5 rings (SSSR count). The van der Waals surface area contributed by atoms with Crippen LogP contribution in [0.1, 0.15) is 24.2 Å². The number of nitrogens with one attached hydrogen (secondary N) is 2. The van der Waals surface area contributed by atoms with E-state index in [0.29, 0.717) is 33.9 Å². The molecule has 45 heavy (non-hydrogen) atoms. The number of thiophene rings is 1. The molecule has 0 saturated carbocycles. The minimum absolute atomic E-state index is 0.0336. The van der Waals surface area contributed by atoms with Crippen molar-refractivity contribution in [3.63, 3.8) is 0 Å². The smallest absolute Gasteiger partial charge is 0.258 e. The summed E-state index contributed by atoms with van der Waals surface area (Å²) in [7, 11) is 2.80. The van der Waals surface area contributed by atoms with Gasteiger partial charge >= 0.3 is 0 Å². The van der Waals surface area contributed by atoms with Crippen molar-refractivity contribution in [2.75, 3.05) is 69.1 Å². The van der Waals surface area contributed by atoms with Crippen LogP contribution in [0.15, 0.2) is 29.9 Å². The molecule has 2 aromatic carbocycles. The second-order valence-corrected chi connectivity index (χ2v) is 12.4. The number of carbonyl (C=O) groups is 1. The number of amides is 1. The number of ether oxygens (including phenoxy) is 3. The number of β-amino-alcohol motifs (C(OH)–C–C–N with tert-alkyl or cyclic N) is 1. The highest BCUT2D eigenvalue weighted by atomic mass is 35.5. The number of hydrogen-bond donors (Lipinski definition) is 3. The van der Waals surface area contributed by atoms with Gasteiger partial charge in [0, 0.05) is 49.9 Å². The summed E-state index contributed by atoms with van der Waals surface area (Å²) in [4.78, 5) is 26.9. The Bertz CT molecular complexity index is 1670. The number of piperazine rings is 1. The summed E-state index contributed by atoms with van der Waals surface area (Å²) in [5.74, 6) is 0.945. The topological polar surface area (TPSA) is 121 Å². The molecule has 2 aromatic heterocycles. The lowest BCUT2D eigenvalue weighted by Gasteiger charge is -2.36. The zero-order chi connectivity index (χ0) is 32.2. The van der Waals surface area contributed by atoms with Crippen molar-refractivity contribution in [2.24, 2.45) is 0 Å². The lowest BCUT2D eigenvalue weighted by Crippen LogP contribution is -2.47. The molecule has 4 aromatic rings. The average molecular weight is 696 g/mol. The second-order valence-electron chi connectivity index (χ2n) is 10.4. The molecule has 3 heterocycles. The molecule has 3 N–H and O–H groups in total. The highest BCUT2D eigenvalue weighted by Gasteiger charge is 2.26. The third-order valence-electron chi connectivity index (χ3n) is 7.22. The molecule has 0 spiro atoms. The van der Waals surface area contributed by atoms with E-state index in [1.54, 1.807) is 5.38 Å². The summed E-state index contributed by atoms with van der Waals surface area (Å²) in [6, 6.07) is 6.04. The van der Waals surface area contributed by atoms with Crippen LogP contribution in [-0.4, -0.2) is 85.5 Å². The first kappa shape index (κ1) is 33.1. The number of rotatable bonds is 11. The van der Waals surface area contributed by atoms with Crippen molar-refractivity contribution in [3.8, 4) is 17.2 Å². The maximum Gasteiger partial charge on any atom is 0.258 e. The Hall–Kier alpha value is -3.26. The number of aliphatic hydroxyl groups is 1. The van der Waals surface area contributed by atoms with Crippen molar-refractivity contribution in [1.29, 1.82) is 0 Å². The van der Waals surface area contributed by atoms with Gasteiger partial charge in [-0.25, -0.2) is 9.97 Å². The van der Waals surface area contributed by atoms with E-state index in [4.69, 9.17) is 49.0 Å². The van der Waals surface area contributed by atoms with Crippen LogP contribution in [0.25, 0.3) is 10.2 Å². The Balaban J connectivity index is 1.42. The quantitative estimate of drug-likeness (QED) is 0.159. The summed E-state index contributed by atoms with van der Waals surface area (Å²) < 4.78 is 17.5. The number of anilines is 4. The number of methoxy groups -OCH3 is 2. The minimum Gasteiger partial charge on any atom is -0.493 e. The largest absolute Gasteiger partial charge is 0.493 e. The number of carbonyl (C=O) groups excluding carboxylic acids is 1. The Morgan fingerprint density at radius 1 is 1.04 bits per heavy atom. The van der Waals surface area contributed by atoms with Gasteiger partial charge in [0.15, 0.2) is 17.3 Å². The van der Waals surface area contributed by atoms with E-state index in [9.17, 15) is 9.90 Å². The molecule has 1 aliphatic heterocycles. The van der Waals surface area contributed by atoms with Crippen molar-refractivity contribution >= 4 is 85.1 Å². The first-order valence-corrected chi connectivity index (χ1v) is 16.2. The monoisotopic (exact) mass is 694 g/mol. The lowest BCUT2D eigenvalue weighted by atomic mass is 10.2. The molecule has 1 fully saturated rings. The van der Waals surface area contributed by atoms with E-state index in [2.05, 4.69) is 30.4 Å². The standard InChI is InChI=1S/C30H33Cl3N6O5S/c1-16(2)44-20-13-17(39-9-7-38(8-10-39)11-12-40)5-6-19(20)36-29-28-24(34-15-35-29)18(14-45-28)30(41)37-25-21(31)26(42-3)23(33)27(43-4)22(25)32/h5-6,13-16,40H,7-12H2,1-4H3,(H,37,41)(H,34,35,36). The predicted octanol–water partition coefficient (Wildman–Crippen LogP) is 6.57. The lowest BCUT2D eigenvalue weighted by molar-refractivity contribution is 0.102. The summed E-state index contributed by atoms with van der Waals surface area (Å²) in [6.07, 6.45) is 1.33. The van der Waals surface area contributed by atoms with Crippen molar-refractivity contribution < 1.29 is 24.1 Å². The van der Waals surface area contributed by atoms with Crippen LogP contribution in [0.2, 0.25) is 15.1 Å². The number of aromatic nitrogens is 2. The molecular weight excluding hydrogens is 663 g/mol. The van der Waals surface area contributed by atoms with Gasteiger partial charge in [0.1, 0.15) is 27.1 Å². The molecule has 0 aliphatic carbocycles. The fourth-order valence-electron chi connectivity index (χ4n) is 5.03. The van der Waals surface area contributed by atoms with Gasteiger partial charge < -0.3 is 34.9 Å². The van der Waals surface area contributed by atoms with Crippen molar-refractivity contribution in [3.05, 3.63) is 50.5 Å². The van der Waals surface area contributed by atoms with Gasteiger partial charge in [0.05, 0.1) is 54.1 Å². The molecule has 11 nitrogen and oxygen atoms in total. The molecule has 0 bridgehead atoms. The fourth-order valence-corrected chi connectivity index (χ4v) is 7.09. The number of hydrogen-bond acceptors (Lipinski definition) is 11. The van der Waals surface area contributed by atoms with Gasteiger partial charge in [-0.3, -0.25) is 9.69 Å². The van der Waals surface area contributed by atoms with E-state index in [1.165, 1.54) is 31.9 Å². The molecule has 1 aliphatic rings. The van der Waals surface area contributed by atoms with Gasteiger partial charge in [-0.15, -0.1) is 11.3 Å². The highest BCUT2D eigenvalue weighted by molar-refractivity contribution is 7.18. The zero-order valence-corrected chi connectivity index (χ0v) is 28.2. The molecule has 240 valence electrons. The maximum absolute atomic E-state index is 13.5. The summed E-state index contributed by atoms with van der Waals surface area (Å²) >= 11 is 20.6. The molecule has 1 amide bonds. The first-order chi connectivity index (χ1) is 21.7. The zero-order valence-electron chi connectivity index (χ0n) is 25.1. The van der Waals surface area contributed by atoms with Crippen LogP contribution in [0.4, 0.5) is 22.9 Å². The first-order valence-electron chi connectivity index (χ1n) is 14.1. The van der Waals surface area contributed by atoms with Crippen molar-refractivity contribution in [2.45, 2.75) is 20.0 Å². The SMILES string of the molecule is COc1c(Cl)c(NC(=O)c2csc3c(Nc4ccc(N5CCN(CCO)CC5)cc4OC(C)C)ncnc23)c(Cl)c(OC)c1Cl. The second kappa shape index (κ2) is 14.4. The number of nitrogens with zero attached hydrogens (tertiary/aromatic N) is 4. The Morgan fingerprint density at radius 2 is 1.73 bits per heavy atom.